The average Bonchev–Trinajstić information content (AvgIpc) is 3.00. The Balaban J connectivity index is 1.80. The van der Waals surface area contributed by atoms with Crippen molar-refractivity contribution in [1.29, 1.82) is 0 Å². The maximum absolute atomic E-state index is 13.7. The van der Waals surface area contributed by atoms with Crippen LogP contribution in [-0.2, 0) is 28.7 Å². The van der Waals surface area contributed by atoms with Crippen LogP contribution in [0.4, 0.5) is 0 Å². The Kier molecular flexibility index (Phi) is 6.37. The monoisotopic (exact) mass is 506 g/mol. The quantitative estimate of drug-likeness (QED) is 0.447. The molecule has 0 aliphatic heterocycles. The zero-order chi connectivity index (χ0) is 26.0. The third kappa shape index (κ3) is 3.41. The van der Waals surface area contributed by atoms with Gasteiger partial charge in [-0.2, -0.15) is 0 Å². The summed E-state index contributed by atoms with van der Waals surface area (Å²) in [7, 11) is 0. The molecule has 0 saturated heterocycles. The molecular formula is C27H35ClO7. The molecule has 192 valence electrons. The molecule has 0 heterocycles. The normalized spacial score (nSPS) is 44.0. The number of halogens is 1. The first-order chi connectivity index (χ1) is 16.3. The van der Waals surface area contributed by atoms with E-state index >= 15 is 0 Å². The molecule has 0 bridgehead atoms. The largest absolute Gasteiger partial charge is 0.457 e. The SMILES string of the molecule is CCC(=O)OCC(=O)[C@@]1(OC(C)=O)[C@@H](C)CC2C3CCC4=CC(=O)C=C[C@]4(C)[C@@]3(Cl)[C@@H](O)C[C@@]21C. The summed E-state index contributed by atoms with van der Waals surface area (Å²) in [6.45, 7) is 8.17. The van der Waals surface area contributed by atoms with Crippen LogP contribution in [0, 0.1) is 28.6 Å². The minimum absolute atomic E-state index is 0.0816. The number of esters is 2. The molecule has 0 aromatic heterocycles. The van der Waals surface area contributed by atoms with Crippen molar-refractivity contribution in [2.24, 2.45) is 28.6 Å². The number of fused-ring (bicyclic) bond motifs is 5. The zero-order valence-electron chi connectivity index (χ0n) is 21.1. The molecule has 0 aromatic rings. The predicted molar refractivity (Wildman–Crippen MR) is 128 cm³/mol. The van der Waals surface area contributed by atoms with Crippen LogP contribution in [0.25, 0.3) is 0 Å². The van der Waals surface area contributed by atoms with Gasteiger partial charge in [0.2, 0.25) is 5.78 Å². The van der Waals surface area contributed by atoms with Gasteiger partial charge in [-0.15, -0.1) is 11.6 Å². The summed E-state index contributed by atoms with van der Waals surface area (Å²) in [6.07, 6.45) is 6.07. The van der Waals surface area contributed by atoms with Crippen LogP contribution in [0.15, 0.2) is 23.8 Å². The van der Waals surface area contributed by atoms with Crippen LogP contribution >= 0.6 is 11.6 Å². The van der Waals surface area contributed by atoms with Crippen molar-refractivity contribution in [3.63, 3.8) is 0 Å². The van der Waals surface area contributed by atoms with E-state index in [1.165, 1.54) is 13.0 Å². The van der Waals surface area contributed by atoms with Gasteiger partial charge in [-0.3, -0.25) is 19.2 Å². The number of carbonyl (C=O) groups excluding carboxylic acids is 4. The topological polar surface area (TPSA) is 107 Å². The van der Waals surface area contributed by atoms with E-state index in [-0.39, 0.29) is 36.4 Å². The van der Waals surface area contributed by atoms with Crippen molar-refractivity contribution in [3.8, 4) is 0 Å². The number of aliphatic hydroxyl groups excluding tert-OH is 1. The number of rotatable bonds is 5. The number of allylic oxidation sites excluding steroid dienone is 4. The van der Waals surface area contributed by atoms with Crippen LogP contribution in [-0.4, -0.2) is 51.8 Å². The first-order valence-electron chi connectivity index (χ1n) is 12.5. The second kappa shape index (κ2) is 8.55. The van der Waals surface area contributed by atoms with E-state index in [2.05, 4.69) is 0 Å². The van der Waals surface area contributed by atoms with Crippen LogP contribution in [0.3, 0.4) is 0 Å². The fraction of sp³-hybridized carbons (Fsp3) is 0.704. The lowest BCUT2D eigenvalue weighted by Crippen LogP contribution is -2.69. The fourth-order valence-corrected chi connectivity index (χ4v) is 8.50. The van der Waals surface area contributed by atoms with E-state index in [1.54, 1.807) is 13.0 Å². The second-order valence-electron chi connectivity index (χ2n) is 11.2. The van der Waals surface area contributed by atoms with Gasteiger partial charge in [0.25, 0.3) is 0 Å². The molecule has 4 aliphatic carbocycles. The first-order valence-corrected chi connectivity index (χ1v) is 12.9. The maximum Gasteiger partial charge on any atom is 0.305 e. The Morgan fingerprint density at radius 2 is 1.91 bits per heavy atom. The van der Waals surface area contributed by atoms with Gasteiger partial charge in [-0.05, 0) is 49.7 Å². The van der Waals surface area contributed by atoms with Crippen molar-refractivity contribution in [2.45, 2.75) is 83.3 Å². The van der Waals surface area contributed by atoms with Crippen LogP contribution < -0.4 is 0 Å². The number of alkyl halides is 1. The average molecular weight is 507 g/mol. The van der Waals surface area contributed by atoms with Crippen molar-refractivity contribution < 1.29 is 33.8 Å². The third-order valence-electron chi connectivity index (χ3n) is 9.55. The molecule has 8 heteroatoms. The number of hydrogen-bond donors (Lipinski definition) is 1. The Hall–Kier alpha value is -1.99. The first kappa shape index (κ1) is 26.1. The van der Waals surface area contributed by atoms with E-state index < -0.39 is 51.7 Å². The molecule has 1 N–H and O–H groups in total. The van der Waals surface area contributed by atoms with E-state index in [0.29, 0.717) is 19.3 Å². The number of ketones is 2. The van der Waals surface area contributed by atoms with Gasteiger partial charge >= 0.3 is 11.9 Å². The summed E-state index contributed by atoms with van der Waals surface area (Å²) < 4.78 is 11.1. The number of hydrogen-bond acceptors (Lipinski definition) is 7. The lowest BCUT2D eigenvalue weighted by Gasteiger charge is -2.64. The Morgan fingerprint density at radius 3 is 2.54 bits per heavy atom. The number of ether oxygens (including phenoxy) is 2. The van der Waals surface area contributed by atoms with Crippen molar-refractivity contribution in [2.75, 3.05) is 6.61 Å². The smallest absolute Gasteiger partial charge is 0.305 e. The molecule has 0 radical (unpaired) electrons. The molecule has 0 aromatic carbocycles. The van der Waals surface area contributed by atoms with Gasteiger partial charge in [0.1, 0.15) is 0 Å². The van der Waals surface area contributed by atoms with Crippen molar-refractivity contribution in [3.05, 3.63) is 23.8 Å². The maximum atomic E-state index is 13.7. The van der Waals surface area contributed by atoms with Gasteiger partial charge < -0.3 is 14.6 Å². The molecule has 2 unspecified atom stereocenters. The van der Waals surface area contributed by atoms with Crippen LogP contribution in [0.1, 0.15) is 66.7 Å². The van der Waals surface area contributed by atoms with Crippen molar-refractivity contribution >= 4 is 35.1 Å². The number of aliphatic hydroxyl groups is 1. The molecule has 0 spiro atoms. The highest BCUT2D eigenvalue weighted by Crippen LogP contribution is 2.72. The zero-order valence-corrected chi connectivity index (χ0v) is 21.8. The van der Waals surface area contributed by atoms with E-state index in [9.17, 15) is 24.3 Å². The summed E-state index contributed by atoms with van der Waals surface area (Å²) in [5.74, 6) is -2.34. The molecule has 0 amide bonds. The molecule has 7 nitrogen and oxygen atoms in total. The Labute approximate surface area is 211 Å². The lowest BCUT2D eigenvalue weighted by molar-refractivity contribution is -0.202. The summed E-state index contributed by atoms with van der Waals surface area (Å²) >= 11 is 7.45. The van der Waals surface area contributed by atoms with Gasteiger partial charge in [0.15, 0.2) is 18.0 Å². The Bertz CT molecular complexity index is 1030. The van der Waals surface area contributed by atoms with Gasteiger partial charge in [-0.25, -0.2) is 0 Å². The van der Waals surface area contributed by atoms with Crippen molar-refractivity contribution in [1.82, 2.24) is 0 Å². The molecule has 8 atom stereocenters. The van der Waals surface area contributed by atoms with E-state index in [1.807, 2.05) is 26.8 Å². The molecule has 3 saturated carbocycles. The predicted octanol–water partition coefficient (Wildman–Crippen LogP) is 3.70. The summed E-state index contributed by atoms with van der Waals surface area (Å²) in [4.78, 5) is 48.9. The van der Waals surface area contributed by atoms with Crippen LogP contribution in [0.5, 0.6) is 0 Å². The summed E-state index contributed by atoms with van der Waals surface area (Å²) in [5.41, 5.74) is -2.27. The van der Waals surface area contributed by atoms with E-state index in [4.69, 9.17) is 21.1 Å². The number of Topliss-reactive ketones (excluding diaryl/α,β-unsaturated/α-hetero) is 1. The van der Waals surface area contributed by atoms with Gasteiger partial charge in [-0.1, -0.05) is 39.3 Å². The minimum atomic E-state index is -1.55. The molecule has 4 rings (SSSR count). The molecule has 4 aliphatic rings. The highest BCUT2D eigenvalue weighted by atomic mass is 35.5. The lowest BCUT2D eigenvalue weighted by atomic mass is 9.45. The summed E-state index contributed by atoms with van der Waals surface area (Å²) in [6, 6.07) is 0. The van der Waals surface area contributed by atoms with Gasteiger partial charge in [0.05, 0.1) is 11.0 Å². The summed E-state index contributed by atoms with van der Waals surface area (Å²) in [5, 5.41) is 11.7. The standard InChI is InChI=1S/C27H35ClO7/c1-6-23(33)34-14-22(32)27(35-16(3)29)15(2)11-20-19-8-7-17-12-18(30)9-10-24(17,4)26(19,28)21(31)13-25(20,27)5/h9-10,12,15,19-21,31H,6-8,11,13-14H2,1-5H3/t15-,19?,20?,21-,24-,25-,26-,27-/m0/s1. The highest BCUT2D eigenvalue weighted by molar-refractivity contribution is 6.26. The number of carbonyl (C=O) groups is 4. The van der Waals surface area contributed by atoms with E-state index in [0.717, 1.165) is 5.57 Å². The Morgan fingerprint density at radius 1 is 1.23 bits per heavy atom. The second-order valence-corrected chi connectivity index (χ2v) is 11.8. The molecule has 3 fully saturated rings. The third-order valence-corrected chi connectivity index (χ3v) is 10.5. The molecular weight excluding hydrogens is 472 g/mol. The highest BCUT2D eigenvalue weighted by Gasteiger charge is 2.76. The fourth-order valence-electron chi connectivity index (χ4n) is 7.98. The van der Waals surface area contributed by atoms with Gasteiger partial charge in [0, 0.05) is 30.1 Å². The minimum Gasteiger partial charge on any atom is -0.457 e. The van der Waals surface area contributed by atoms with Crippen LogP contribution in [0.2, 0.25) is 0 Å². The molecule has 35 heavy (non-hydrogen) atoms.